The van der Waals surface area contributed by atoms with Crippen molar-refractivity contribution in [2.24, 2.45) is 5.73 Å². The molecule has 44 valence electrons. The normalized spacial score (nSPS) is 12.0. The Labute approximate surface area is 48.6 Å². The van der Waals surface area contributed by atoms with Gasteiger partial charge in [0.25, 0.3) is 0 Å². The molecule has 0 heterocycles. The molecule has 0 saturated heterocycles. The molecule has 0 aliphatic rings. The van der Waals surface area contributed by atoms with E-state index in [4.69, 9.17) is 10.8 Å². The lowest BCUT2D eigenvalue weighted by Crippen LogP contribution is -1.96. The first-order valence-corrected chi connectivity index (χ1v) is 2.16. The molecule has 0 aliphatic heterocycles. The number of rotatable bonds is 2. The van der Waals surface area contributed by atoms with E-state index in [0.29, 0.717) is 0 Å². The summed E-state index contributed by atoms with van der Waals surface area (Å²) < 4.78 is 0. The molecule has 0 radical (unpaired) electrons. The Hall–Kier alpha value is -1.18. The summed E-state index contributed by atoms with van der Waals surface area (Å²) in [7, 11) is 0. The molecule has 0 bridgehead atoms. The van der Waals surface area contributed by atoms with Crippen LogP contribution in [0, 0.1) is 0 Å². The Bertz CT molecular complexity index is 119. The summed E-state index contributed by atoms with van der Waals surface area (Å²) in [4.78, 5) is 0. The average molecular weight is 111 g/mol. The van der Waals surface area contributed by atoms with Crippen molar-refractivity contribution in [3.05, 3.63) is 36.8 Å². The van der Waals surface area contributed by atoms with Crippen LogP contribution in [0.1, 0.15) is 0 Å². The lowest BCUT2D eigenvalue weighted by molar-refractivity contribution is 0.427. The predicted octanol–water partition coefficient (Wildman–Crippen LogP) is 1.09. The third-order valence-electron chi connectivity index (χ3n) is 0.709. The van der Waals surface area contributed by atoms with Crippen molar-refractivity contribution in [2.75, 3.05) is 0 Å². The fraction of sp³-hybridized carbons (Fsp3) is 0. The standard InChI is InChI=1S/C6H9NO/c1-3-5(7)6(8)4-2/h3-4,8H,1-2,7H2/b6-5-. The van der Waals surface area contributed by atoms with Gasteiger partial charge in [0.2, 0.25) is 0 Å². The molecule has 2 heteroatoms. The van der Waals surface area contributed by atoms with E-state index in [1.807, 2.05) is 0 Å². The van der Waals surface area contributed by atoms with Crippen molar-refractivity contribution in [3.8, 4) is 0 Å². The number of aliphatic hydroxyl groups is 1. The van der Waals surface area contributed by atoms with Crippen LogP contribution in [0.3, 0.4) is 0 Å². The van der Waals surface area contributed by atoms with Gasteiger partial charge in [0.1, 0.15) is 5.76 Å². The zero-order valence-corrected chi connectivity index (χ0v) is 4.59. The first-order chi connectivity index (χ1) is 3.72. The number of aliphatic hydroxyl groups excluding tert-OH is 1. The van der Waals surface area contributed by atoms with E-state index in [1.165, 1.54) is 12.2 Å². The maximum Gasteiger partial charge on any atom is 0.137 e. The summed E-state index contributed by atoms with van der Waals surface area (Å²) in [5.74, 6) is -0.0278. The topological polar surface area (TPSA) is 46.2 Å². The Morgan fingerprint density at radius 1 is 1.38 bits per heavy atom. The Balaban J connectivity index is 4.25. The van der Waals surface area contributed by atoms with Gasteiger partial charge in [-0.05, 0) is 12.2 Å². The van der Waals surface area contributed by atoms with E-state index in [-0.39, 0.29) is 11.5 Å². The van der Waals surface area contributed by atoms with Gasteiger partial charge in [-0.25, -0.2) is 0 Å². The molecule has 8 heavy (non-hydrogen) atoms. The quantitative estimate of drug-likeness (QED) is 0.414. The highest BCUT2D eigenvalue weighted by Crippen LogP contribution is 1.93. The fourth-order valence-corrected chi connectivity index (χ4v) is 0.222. The number of hydrogen-bond acceptors (Lipinski definition) is 2. The minimum Gasteiger partial charge on any atom is -0.506 e. The van der Waals surface area contributed by atoms with Gasteiger partial charge in [-0.2, -0.15) is 0 Å². The molecule has 0 aromatic heterocycles. The molecule has 0 rings (SSSR count). The summed E-state index contributed by atoms with van der Waals surface area (Å²) in [5.41, 5.74) is 5.42. The Morgan fingerprint density at radius 3 is 2.00 bits per heavy atom. The van der Waals surface area contributed by atoms with Crippen molar-refractivity contribution in [3.63, 3.8) is 0 Å². The van der Waals surface area contributed by atoms with Crippen LogP contribution >= 0.6 is 0 Å². The molecule has 0 unspecified atom stereocenters. The zero-order chi connectivity index (χ0) is 6.57. The van der Waals surface area contributed by atoms with Gasteiger partial charge >= 0.3 is 0 Å². The lowest BCUT2D eigenvalue weighted by atomic mass is 10.3. The highest BCUT2D eigenvalue weighted by molar-refractivity contribution is 5.22. The SMILES string of the molecule is C=C/C(N)=C(/O)C=C. The summed E-state index contributed by atoms with van der Waals surface area (Å²) in [6.07, 6.45) is 2.62. The molecule has 0 atom stereocenters. The summed E-state index contributed by atoms with van der Waals surface area (Å²) in [5, 5.41) is 8.69. The first kappa shape index (κ1) is 6.82. The molecule has 0 aliphatic carbocycles. The second kappa shape index (κ2) is 2.91. The molecular weight excluding hydrogens is 102 g/mol. The molecule has 0 spiro atoms. The van der Waals surface area contributed by atoms with Crippen molar-refractivity contribution >= 4 is 0 Å². The van der Waals surface area contributed by atoms with Crippen molar-refractivity contribution in [2.45, 2.75) is 0 Å². The largest absolute Gasteiger partial charge is 0.506 e. The third kappa shape index (κ3) is 1.51. The van der Waals surface area contributed by atoms with Crippen LogP contribution in [0.25, 0.3) is 0 Å². The first-order valence-electron chi connectivity index (χ1n) is 2.16. The molecular formula is C6H9NO. The second-order valence-electron chi connectivity index (χ2n) is 1.25. The fourth-order valence-electron chi connectivity index (χ4n) is 0.222. The molecule has 2 nitrogen and oxygen atoms in total. The van der Waals surface area contributed by atoms with E-state index in [0.717, 1.165) is 0 Å². The van der Waals surface area contributed by atoms with E-state index in [1.54, 1.807) is 0 Å². The number of hydrogen-bond donors (Lipinski definition) is 2. The highest BCUT2D eigenvalue weighted by Gasteiger charge is 1.86. The molecule has 0 fully saturated rings. The summed E-state index contributed by atoms with van der Waals surface area (Å²) in [6, 6.07) is 0. The van der Waals surface area contributed by atoms with Gasteiger partial charge < -0.3 is 10.8 Å². The van der Waals surface area contributed by atoms with Crippen molar-refractivity contribution < 1.29 is 5.11 Å². The van der Waals surface area contributed by atoms with Crippen LogP contribution < -0.4 is 5.73 Å². The maximum atomic E-state index is 8.69. The van der Waals surface area contributed by atoms with Gasteiger partial charge in [0, 0.05) is 0 Å². The van der Waals surface area contributed by atoms with Crippen LogP contribution in [-0.4, -0.2) is 5.11 Å². The summed E-state index contributed by atoms with van der Waals surface area (Å²) >= 11 is 0. The molecule has 0 aromatic rings. The smallest absolute Gasteiger partial charge is 0.137 e. The Kier molecular flexibility index (Phi) is 2.48. The van der Waals surface area contributed by atoms with Crippen LogP contribution in [0.5, 0.6) is 0 Å². The third-order valence-corrected chi connectivity index (χ3v) is 0.709. The number of nitrogens with two attached hydrogens (primary N) is 1. The molecule has 0 amide bonds. The monoisotopic (exact) mass is 111 g/mol. The van der Waals surface area contributed by atoms with Crippen molar-refractivity contribution in [1.82, 2.24) is 0 Å². The van der Waals surface area contributed by atoms with Crippen LogP contribution in [0.15, 0.2) is 36.8 Å². The zero-order valence-electron chi connectivity index (χ0n) is 4.59. The van der Waals surface area contributed by atoms with E-state index in [2.05, 4.69) is 13.2 Å². The maximum absolute atomic E-state index is 8.69. The average Bonchev–Trinajstić information content (AvgIpc) is 1.84. The molecule has 0 saturated carbocycles. The lowest BCUT2D eigenvalue weighted by Gasteiger charge is -1.91. The number of allylic oxidation sites excluding steroid dienone is 2. The van der Waals surface area contributed by atoms with Crippen molar-refractivity contribution in [1.29, 1.82) is 0 Å². The van der Waals surface area contributed by atoms with Crippen LogP contribution in [0.4, 0.5) is 0 Å². The van der Waals surface area contributed by atoms with Gasteiger partial charge in [0.15, 0.2) is 0 Å². The minimum absolute atomic E-state index is 0.0278. The Morgan fingerprint density at radius 2 is 1.88 bits per heavy atom. The van der Waals surface area contributed by atoms with E-state index >= 15 is 0 Å². The molecule has 3 N–H and O–H groups in total. The van der Waals surface area contributed by atoms with Gasteiger partial charge in [0.05, 0.1) is 5.70 Å². The summed E-state index contributed by atoms with van der Waals surface area (Å²) in [6.45, 7) is 6.63. The van der Waals surface area contributed by atoms with Crippen LogP contribution in [0.2, 0.25) is 0 Å². The second-order valence-corrected chi connectivity index (χ2v) is 1.25. The predicted molar refractivity (Wildman–Crippen MR) is 34.2 cm³/mol. The van der Waals surface area contributed by atoms with E-state index in [9.17, 15) is 0 Å². The van der Waals surface area contributed by atoms with Crippen LogP contribution in [-0.2, 0) is 0 Å². The molecule has 0 aromatic carbocycles. The van der Waals surface area contributed by atoms with Gasteiger partial charge in [-0.3, -0.25) is 0 Å². The van der Waals surface area contributed by atoms with Gasteiger partial charge in [-0.1, -0.05) is 13.2 Å². The van der Waals surface area contributed by atoms with Gasteiger partial charge in [-0.15, -0.1) is 0 Å². The van der Waals surface area contributed by atoms with E-state index < -0.39 is 0 Å². The minimum atomic E-state index is -0.0278. The highest BCUT2D eigenvalue weighted by atomic mass is 16.3.